The van der Waals surface area contributed by atoms with Crippen molar-refractivity contribution in [3.8, 4) is 0 Å². The van der Waals surface area contributed by atoms with E-state index in [1.807, 2.05) is 35.8 Å². The molecule has 2 bridgehead atoms. The summed E-state index contributed by atoms with van der Waals surface area (Å²) in [5.41, 5.74) is 1.24. The van der Waals surface area contributed by atoms with Crippen molar-refractivity contribution in [3.63, 3.8) is 0 Å². The molecule has 0 radical (unpaired) electrons. The van der Waals surface area contributed by atoms with Gasteiger partial charge < -0.3 is 15.1 Å². The lowest BCUT2D eigenvalue weighted by atomic mass is 9.72. The van der Waals surface area contributed by atoms with Crippen molar-refractivity contribution < 1.29 is 9.59 Å². The molecule has 6 heteroatoms. The lowest BCUT2D eigenvalue weighted by Gasteiger charge is -2.61. The van der Waals surface area contributed by atoms with Crippen molar-refractivity contribution in [1.29, 1.82) is 0 Å². The summed E-state index contributed by atoms with van der Waals surface area (Å²) < 4.78 is 1.05. The third-order valence-corrected chi connectivity index (χ3v) is 5.23. The molecule has 3 atom stereocenters. The van der Waals surface area contributed by atoms with Crippen LogP contribution in [-0.2, 0) is 4.79 Å². The molecule has 23 heavy (non-hydrogen) atoms. The van der Waals surface area contributed by atoms with Crippen LogP contribution < -0.4 is 5.32 Å². The molecule has 3 aliphatic rings. The topological polar surface area (TPSA) is 52.7 Å². The molecule has 3 aliphatic heterocycles. The molecule has 5 nitrogen and oxygen atoms in total. The lowest BCUT2D eigenvalue weighted by Crippen LogP contribution is -2.76. The zero-order valence-electron chi connectivity index (χ0n) is 13.6. The van der Waals surface area contributed by atoms with Crippen molar-refractivity contribution in [2.24, 2.45) is 0 Å². The van der Waals surface area contributed by atoms with Gasteiger partial charge in [0.2, 0.25) is 5.91 Å². The summed E-state index contributed by atoms with van der Waals surface area (Å²) in [4.78, 5) is 27.9. The molecule has 0 spiro atoms. The van der Waals surface area contributed by atoms with Gasteiger partial charge in [-0.15, -0.1) is 0 Å². The van der Waals surface area contributed by atoms with E-state index in [0.29, 0.717) is 19.0 Å². The second-order valence-electron chi connectivity index (χ2n) is 6.65. The number of piperazine rings is 1. The highest BCUT2D eigenvalue weighted by Gasteiger charge is 2.56. The maximum atomic E-state index is 12.5. The van der Waals surface area contributed by atoms with Gasteiger partial charge in [0, 0.05) is 36.4 Å². The Hall–Kier alpha value is -1.56. The molecular formula is C17H22BrN3O2. The zero-order valence-corrected chi connectivity index (χ0v) is 15.2. The number of carbonyl (C=O) groups excluding carboxylic acids is 2. The molecule has 1 unspecified atom stereocenters. The SMILES string of the molecule is CC(=O)N1C[C@@H]2C(c3ccc(Br)cc3)[C@H](C1)N2C(=O)NC(C)C. The predicted molar refractivity (Wildman–Crippen MR) is 92.2 cm³/mol. The highest BCUT2D eigenvalue weighted by Crippen LogP contribution is 2.45. The number of fused-ring (bicyclic) bond motifs is 2. The molecule has 0 saturated carbocycles. The van der Waals surface area contributed by atoms with Crippen LogP contribution >= 0.6 is 15.9 Å². The van der Waals surface area contributed by atoms with Crippen molar-refractivity contribution in [2.45, 2.75) is 44.8 Å². The van der Waals surface area contributed by atoms with E-state index in [1.165, 1.54) is 5.56 Å². The number of benzene rings is 1. The van der Waals surface area contributed by atoms with Crippen molar-refractivity contribution in [3.05, 3.63) is 34.3 Å². The van der Waals surface area contributed by atoms with Crippen molar-refractivity contribution >= 4 is 27.9 Å². The molecule has 1 aromatic carbocycles. The Kier molecular flexibility index (Phi) is 4.36. The van der Waals surface area contributed by atoms with E-state index in [1.54, 1.807) is 6.92 Å². The smallest absolute Gasteiger partial charge is 0.318 e. The van der Waals surface area contributed by atoms with Crippen molar-refractivity contribution in [2.75, 3.05) is 13.1 Å². The monoisotopic (exact) mass is 379 g/mol. The van der Waals surface area contributed by atoms with E-state index in [4.69, 9.17) is 0 Å². The molecule has 124 valence electrons. The standard InChI is InChI=1S/C17H22BrN3O2/c1-10(2)19-17(23)21-14-8-20(11(3)22)9-15(21)16(14)12-4-6-13(18)7-5-12/h4-7,10,14-16H,8-9H2,1-3H3,(H,19,23)/t14-,15+,16?. The van der Waals surface area contributed by atoms with Gasteiger partial charge in [-0.1, -0.05) is 28.1 Å². The Morgan fingerprint density at radius 2 is 1.74 bits per heavy atom. The largest absolute Gasteiger partial charge is 0.339 e. The van der Waals surface area contributed by atoms with Gasteiger partial charge >= 0.3 is 6.03 Å². The summed E-state index contributed by atoms with van der Waals surface area (Å²) in [6.07, 6.45) is 0. The first-order valence-electron chi connectivity index (χ1n) is 7.98. The van der Waals surface area contributed by atoms with Crippen LogP contribution in [0.15, 0.2) is 28.7 Å². The van der Waals surface area contributed by atoms with Gasteiger partial charge in [-0.25, -0.2) is 4.79 Å². The molecule has 3 heterocycles. The first-order valence-corrected chi connectivity index (χ1v) is 8.77. The maximum Gasteiger partial charge on any atom is 0.318 e. The number of rotatable bonds is 2. The normalized spacial score (nSPS) is 26.0. The van der Waals surface area contributed by atoms with Crippen LogP contribution in [0.4, 0.5) is 4.79 Å². The number of hydrogen-bond donors (Lipinski definition) is 1. The Morgan fingerprint density at radius 1 is 1.17 bits per heavy atom. The molecule has 3 saturated heterocycles. The molecular weight excluding hydrogens is 358 g/mol. The first-order chi connectivity index (χ1) is 10.9. The van der Waals surface area contributed by atoms with E-state index in [-0.39, 0.29) is 30.1 Å². The van der Waals surface area contributed by atoms with Gasteiger partial charge in [0.05, 0.1) is 12.1 Å². The summed E-state index contributed by atoms with van der Waals surface area (Å²) in [6, 6.07) is 8.47. The Labute approximate surface area is 145 Å². The Balaban J connectivity index is 1.82. The number of nitrogens with zero attached hydrogens (tertiary/aromatic N) is 2. The molecule has 1 aromatic rings. The van der Waals surface area contributed by atoms with Gasteiger partial charge in [0.1, 0.15) is 0 Å². The van der Waals surface area contributed by atoms with Gasteiger partial charge in [0.25, 0.3) is 0 Å². The second-order valence-corrected chi connectivity index (χ2v) is 7.56. The molecule has 3 amide bonds. The average Bonchev–Trinajstić information content (AvgIpc) is 2.48. The minimum Gasteiger partial charge on any atom is -0.339 e. The van der Waals surface area contributed by atoms with E-state index in [0.717, 1.165) is 4.47 Å². The van der Waals surface area contributed by atoms with E-state index < -0.39 is 0 Å². The lowest BCUT2D eigenvalue weighted by molar-refractivity contribution is -0.140. The third-order valence-electron chi connectivity index (χ3n) is 4.71. The molecule has 3 fully saturated rings. The van der Waals surface area contributed by atoms with Gasteiger partial charge in [-0.05, 0) is 31.5 Å². The molecule has 0 aromatic heterocycles. The van der Waals surface area contributed by atoms with Crippen LogP contribution in [0.1, 0.15) is 32.3 Å². The minimum absolute atomic E-state index is 0.0217. The number of piperidine rings is 1. The maximum absolute atomic E-state index is 12.5. The average molecular weight is 380 g/mol. The fourth-order valence-electron chi connectivity index (χ4n) is 3.69. The van der Waals surface area contributed by atoms with Gasteiger partial charge in [-0.3, -0.25) is 4.79 Å². The fourth-order valence-corrected chi connectivity index (χ4v) is 3.95. The Morgan fingerprint density at radius 3 is 2.22 bits per heavy atom. The summed E-state index contributed by atoms with van der Waals surface area (Å²) in [7, 11) is 0. The number of carbonyl (C=O) groups is 2. The zero-order chi connectivity index (χ0) is 16.7. The fraction of sp³-hybridized carbons (Fsp3) is 0.529. The second kappa shape index (κ2) is 6.15. The van der Waals surface area contributed by atoms with Crippen LogP contribution in [0, 0.1) is 0 Å². The van der Waals surface area contributed by atoms with Gasteiger partial charge in [0.15, 0.2) is 0 Å². The third kappa shape index (κ3) is 2.96. The van der Waals surface area contributed by atoms with Crippen molar-refractivity contribution in [1.82, 2.24) is 15.1 Å². The van der Waals surface area contributed by atoms with E-state index in [9.17, 15) is 9.59 Å². The molecule has 1 N–H and O–H groups in total. The minimum atomic E-state index is -0.0217. The summed E-state index contributed by atoms with van der Waals surface area (Å²) in [6.45, 7) is 6.73. The number of nitrogens with one attached hydrogen (secondary N) is 1. The summed E-state index contributed by atoms with van der Waals surface area (Å²) >= 11 is 3.46. The number of halogens is 1. The molecule has 0 aliphatic carbocycles. The Bertz CT molecular complexity index is 603. The number of amides is 3. The van der Waals surface area contributed by atoms with Crippen LogP contribution in [0.25, 0.3) is 0 Å². The predicted octanol–water partition coefficient (Wildman–Crippen LogP) is 2.57. The first kappa shape index (κ1) is 16.3. The van der Waals surface area contributed by atoms with E-state index >= 15 is 0 Å². The van der Waals surface area contributed by atoms with Crippen LogP contribution in [0.2, 0.25) is 0 Å². The summed E-state index contributed by atoms with van der Waals surface area (Å²) in [5.74, 6) is 0.384. The summed E-state index contributed by atoms with van der Waals surface area (Å²) in [5, 5.41) is 2.97. The molecule has 4 rings (SSSR count). The number of hydrogen-bond acceptors (Lipinski definition) is 2. The van der Waals surface area contributed by atoms with Crippen LogP contribution in [0.5, 0.6) is 0 Å². The quantitative estimate of drug-likeness (QED) is 0.858. The number of urea groups is 1. The van der Waals surface area contributed by atoms with Gasteiger partial charge in [-0.2, -0.15) is 0 Å². The van der Waals surface area contributed by atoms with Crippen LogP contribution in [0.3, 0.4) is 0 Å². The van der Waals surface area contributed by atoms with E-state index in [2.05, 4.69) is 33.4 Å². The van der Waals surface area contributed by atoms with Crippen LogP contribution in [-0.4, -0.2) is 53.0 Å². The highest BCUT2D eigenvalue weighted by atomic mass is 79.9. The highest BCUT2D eigenvalue weighted by molar-refractivity contribution is 9.10.